The highest BCUT2D eigenvalue weighted by Crippen LogP contribution is 1.87. The summed E-state index contributed by atoms with van der Waals surface area (Å²) in [4.78, 5) is 12.7. The number of carbonyl (C=O) groups is 1. The highest BCUT2D eigenvalue weighted by Gasteiger charge is 1.97. The molecule has 42 heavy (non-hydrogen) atoms. The summed E-state index contributed by atoms with van der Waals surface area (Å²) >= 11 is 0. The van der Waals surface area contributed by atoms with Gasteiger partial charge in [0.2, 0.25) is 0 Å². The summed E-state index contributed by atoms with van der Waals surface area (Å²) in [5.41, 5.74) is 0. The number of ether oxygens (including phenoxy) is 12. The van der Waals surface area contributed by atoms with Crippen molar-refractivity contribution in [2.45, 2.75) is 6.92 Å². The molecule has 0 spiro atoms. The van der Waals surface area contributed by atoms with Crippen LogP contribution in [0.5, 0.6) is 0 Å². The van der Waals surface area contributed by atoms with Crippen molar-refractivity contribution >= 4 is 5.97 Å². The second-order valence-electron chi connectivity index (χ2n) is 8.88. The highest BCUT2D eigenvalue weighted by atomic mass is 16.6. The van der Waals surface area contributed by atoms with Crippen molar-refractivity contribution in [3.63, 3.8) is 0 Å². The van der Waals surface area contributed by atoms with Gasteiger partial charge >= 0.3 is 5.97 Å². The van der Waals surface area contributed by atoms with Crippen molar-refractivity contribution < 1.29 is 61.6 Å². The Labute approximate surface area is 252 Å². The molecule has 0 bridgehead atoms. The van der Waals surface area contributed by atoms with Gasteiger partial charge < -0.3 is 61.7 Å². The first-order valence-electron chi connectivity index (χ1n) is 14.8. The van der Waals surface area contributed by atoms with E-state index in [1.807, 2.05) is 14.1 Å². The Morgan fingerprint density at radius 1 is 0.357 bits per heavy atom. The first kappa shape index (κ1) is 41.0. The molecule has 0 N–H and O–H groups in total. The molecular weight excluding hydrogens is 558 g/mol. The lowest BCUT2D eigenvalue weighted by Crippen LogP contribution is -2.19. The zero-order valence-electron chi connectivity index (χ0n) is 26.2. The van der Waals surface area contributed by atoms with Crippen LogP contribution in [-0.2, 0) is 61.6 Å². The lowest BCUT2D eigenvalue weighted by molar-refractivity contribution is -0.142. The molecular formula is C28H57NO13. The Balaban J connectivity index is 3.04. The van der Waals surface area contributed by atoms with E-state index in [-0.39, 0.29) is 12.6 Å². The predicted octanol–water partition coefficient (Wildman–Crippen LogP) is 0.294. The van der Waals surface area contributed by atoms with Crippen LogP contribution >= 0.6 is 0 Å². The molecule has 252 valence electrons. The fraction of sp³-hybridized carbons (Fsp3) is 0.964. The summed E-state index contributed by atoms with van der Waals surface area (Å²) in [6, 6.07) is 0. The summed E-state index contributed by atoms with van der Waals surface area (Å²) in [6.45, 7) is 13.9. The van der Waals surface area contributed by atoms with Crippen LogP contribution in [0.25, 0.3) is 0 Å². The molecule has 0 aromatic rings. The van der Waals surface area contributed by atoms with Crippen LogP contribution in [0.1, 0.15) is 6.92 Å². The molecule has 0 unspecified atom stereocenters. The Kier molecular flexibility index (Phi) is 35.3. The van der Waals surface area contributed by atoms with E-state index in [0.29, 0.717) is 145 Å². The monoisotopic (exact) mass is 615 g/mol. The lowest BCUT2D eigenvalue weighted by Gasteiger charge is -2.10. The van der Waals surface area contributed by atoms with Crippen molar-refractivity contribution in [1.82, 2.24) is 4.90 Å². The van der Waals surface area contributed by atoms with Crippen molar-refractivity contribution in [3.05, 3.63) is 0 Å². The first-order chi connectivity index (χ1) is 20.6. The van der Waals surface area contributed by atoms with E-state index in [9.17, 15) is 4.79 Å². The fourth-order valence-electron chi connectivity index (χ4n) is 2.79. The second-order valence-corrected chi connectivity index (χ2v) is 8.88. The van der Waals surface area contributed by atoms with Gasteiger partial charge in [0, 0.05) is 13.5 Å². The third-order valence-electron chi connectivity index (χ3n) is 4.94. The Morgan fingerprint density at radius 3 is 0.738 bits per heavy atom. The lowest BCUT2D eigenvalue weighted by atomic mass is 10.6. The van der Waals surface area contributed by atoms with Crippen LogP contribution in [0.15, 0.2) is 0 Å². The van der Waals surface area contributed by atoms with E-state index in [1.165, 1.54) is 6.92 Å². The number of esters is 1. The molecule has 0 aromatic heterocycles. The summed E-state index contributed by atoms with van der Waals surface area (Å²) < 4.78 is 64.4. The maximum atomic E-state index is 10.6. The maximum absolute atomic E-state index is 10.6. The number of hydrogen-bond donors (Lipinski definition) is 0. The molecule has 14 nitrogen and oxygen atoms in total. The molecule has 14 heteroatoms. The second kappa shape index (κ2) is 36.2. The normalized spacial score (nSPS) is 11.5. The van der Waals surface area contributed by atoms with Crippen LogP contribution in [0, 0.1) is 0 Å². The largest absolute Gasteiger partial charge is 0.463 e. The van der Waals surface area contributed by atoms with E-state index in [4.69, 9.17) is 56.8 Å². The van der Waals surface area contributed by atoms with Gasteiger partial charge in [-0.15, -0.1) is 0 Å². The van der Waals surface area contributed by atoms with E-state index in [2.05, 4.69) is 4.90 Å². The van der Waals surface area contributed by atoms with Gasteiger partial charge in [0.1, 0.15) is 6.61 Å². The molecule has 0 radical (unpaired) electrons. The van der Waals surface area contributed by atoms with Gasteiger partial charge in [0.05, 0.1) is 145 Å². The molecule has 0 amide bonds. The zero-order chi connectivity index (χ0) is 30.6. The Bertz CT molecular complexity index is 532. The van der Waals surface area contributed by atoms with Crippen LogP contribution in [0.4, 0.5) is 0 Å². The van der Waals surface area contributed by atoms with Crippen LogP contribution in [0.3, 0.4) is 0 Å². The summed E-state index contributed by atoms with van der Waals surface area (Å²) in [7, 11) is 4.04. The zero-order valence-corrected chi connectivity index (χ0v) is 26.2. The van der Waals surface area contributed by atoms with Crippen LogP contribution in [0.2, 0.25) is 0 Å². The number of nitrogens with zero attached hydrogens (tertiary/aromatic N) is 1. The van der Waals surface area contributed by atoms with Crippen LogP contribution < -0.4 is 0 Å². The SMILES string of the molecule is CC(=O)OCCOCCOCCOCCOCCOCCOCCOCCOCCOCCOCCOCCN(C)C. The molecule has 0 heterocycles. The number of likely N-dealkylation sites (N-methyl/N-ethyl adjacent to an activating group) is 1. The summed E-state index contributed by atoms with van der Waals surface area (Å²) in [5.74, 6) is -0.310. The van der Waals surface area contributed by atoms with E-state index in [1.54, 1.807) is 0 Å². The van der Waals surface area contributed by atoms with Crippen molar-refractivity contribution in [1.29, 1.82) is 0 Å². The number of carbonyl (C=O) groups excluding carboxylic acids is 1. The molecule has 0 rings (SSSR count). The van der Waals surface area contributed by atoms with Gasteiger partial charge in [-0.05, 0) is 14.1 Å². The van der Waals surface area contributed by atoms with E-state index in [0.717, 1.165) is 6.54 Å². The van der Waals surface area contributed by atoms with Gasteiger partial charge in [0.25, 0.3) is 0 Å². The van der Waals surface area contributed by atoms with E-state index >= 15 is 0 Å². The van der Waals surface area contributed by atoms with Crippen LogP contribution in [-0.4, -0.2) is 183 Å². The minimum Gasteiger partial charge on any atom is -0.463 e. The quantitative estimate of drug-likeness (QED) is 0.0707. The fourth-order valence-corrected chi connectivity index (χ4v) is 2.79. The Hall–Kier alpha value is -1.01. The molecule has 0 aromatic carbocycles. The summed E-state index contributed by atoms with van der Waals surface area (Å²) in [6.07, 6.45) is 0. The smallest absolute Gasteiger partial charge is 0.302 e. The number of hydrogen-bond acceptors (Lipinski definition) is 14. The standard InChI is InChI=1S/C28H57NO13/c1-28(30)42-27-26-41-25-24-40-23-22-39-21-20-38-19-18-37-17-16-36-15-14-35-13-12-34-11-10-33-9-8-32-7-6-31-5-4-29(2)3/h4-27H2,1-3H3. The van der Waals surface area contributed by atoms with E-state index < -0.39 is 0 Å². The third-order valence-corrected chi connectivity index (χ3v) is 4.94. The van der Waals surface area contributed by atoms with Gasteiger partial charge in [-0.3, -0.25) is 4.79 Å². The molecule has 0 fully saturated rings. The van der Waals surface area contributed by atoms with Crippen molar-refractivity contribution in [2.24, 2.45) is 0 Å². The minimum atomic E-state index is -0.310. The average Bonchev–Trinajstić information content (AvgIpc) is 2.96. The topological polar surface area (TPSA) is 131 Å². The summed E-state index contributed by atoms with van der Waals surface area (Å²) in [5, 5.41) is 0. The maximum Gasteiger partial charge on any atom is 0.302 e. The molecule has 0 aliphatic carbocycles. The van der Waals surface area contributed by atoms with Gasteiger partial charge in [0.15, 0.2) is 0 Å². The molecule has 0 saturated carbocycles. The first-order valence-corrected chi connectivity index (χ1v) is 14.8. The number of rotatable bonds is 36. The van der Waals surface area contributed by atoms with Crippen molar-refractivity contribution in [3.8, 4) is 0 Å². The molecule has 0 saturated heterocycles. The average molecular weight is 616 g/mol. The molecule has 0 aliphatic heterocycles. The molecule has 0 aliphatic rings. The third kappa shape index (κ3) is 39.0. The van der Waals surface area contributed by atoms with Gasteiger partial charge in [-0.1, -0.05) is 0 Å². The molecule has 0 atom stereocenters. The highest BCUT2D eigenvalue weighted by molar-refractivity contribution is 5.65. The minimum absolute atomic E-state index is 0.259. The predicted molar refractivity (Wildman–Crippen MR) is 154 cm³/mol. The van der Waals surface area contributed by atoms with Gasteiger partial charge in [-0.25, -0.2) is 0 Å². The Morgan fingerprint density at radius 2 is 0.548 bits per heavy atom. The van der Waals surface area contributed by atoms with Gasteiger partial charge in [-0.2, -0.15) is 0 Å². The van der Waals surface area contributed by atoms with Crippen molar-refractivity contribution in [2.75, 3.05) is 173 Å².